The van der Waals surface area contributed by atoms with Gasteiger partial charge in [-0.1, -0.05) is 0 Å². The van der Waals surface area contributed by atoms with Crippen LogP contribution in [0.4, 0.5) is 4.39 Å². The predicted molar refractivity (Wildman–Crippen MR) is 84.2 cm³/mol. The summed E-state index contributed by atoms with van der Waals surface area (Å²) >= 11 is 1.60. The standard InChI is InChI=1S/C16H21FN2OS/c1-11-19-14(10-21-11)9-20-15-6-5-13(17)7-12(15)8-18-16(2,3)4/h5-7,10,18H,8-9H2,1-4H3. The zero-order chi connectivity index (χ0) is 15.5. The van der Waals surface area contributed by atoms with E-state index in [9.17, 15) is 4.39 Å². The number of ether oxygens (including phenoxy) is 1. The summed E-state index contributed by atoms with van der Waals surface area (Å²) < 4.78 is 19.2. The zero-order valence-corrected chi connectivity index (χ0v) is 13.7. The van der Waals surface area contributed by atoms with Gasteiger partial charge in [0.2, 0.25) is 0 Å². The van der Waals surface area contributed by atoms with Gasteiger partial charge < -0.3 is 10.1 Å². The maximum Gasteiger partial charge on any atom is 0.131 e. The molecule has 21 heavy (non-hydrogen) atoms. The Morgan fingerprint density at radius 1 is 1.33 bits per heavy atom. The van der Waals surface area contributed by atoms with Gasteiger partial charge in [0.05, 0.1) is 10.7 Å². The van der Waals surface area contributed by atoms with Crippen LogP contribution in [0.3, 0.4) is 0 Å². The van der Waals surface area contributed by atoms with Crippen molar-refractivity contribution in [2.75, 3.05) is 0 Å². The molecule has 0 fully saturated rings. The van der Waals surface area contributed by atoms with Gasteiger partial charge in [-0.2, -0.15) is 0 Å². The Morgan fingerprint density at radius 2 is 2.10 bits per heavy atom. The van der Waals surface area contributed by atoms with Crippen molar-refractivity contribution in [1.29, 1.82) is 0 Å². The third-order valence-electron chi connectivity index (χ3n) is 2.87. The van der Waals surface area contributed by atoms with Gasteiger partial charge in [0.1, 0.15) is 18.2 Å². The topological polar surface area (TPSA) is 34.1 Å². The predicted octanol–water partition coefficient (Wildman–Crippen LogP) is 4.06. The molecule has 0 aliphatic heterocycles. The smallest absolute Gasteiger partial charge is 0.131 e. The molecule has 0 atom stereocenters. The van der Waals surface area contributed by atoms with Gasteiger partial charge in [-0.05, 0) is 45.9 Å². The molecule has 114 valence electrons. The molecule has 5 heteroatoms. The number of nitrogens with zero attached hydrogens (tertiary/aromatic N) is 1. The first kappa shape index (κ1) is 15.9. The van der Waals surface area contributed by atoms with Crippen LogP contribution in [0.1, 0.15) is 37.0 Å². The molecular formula is C16H21FN2OS. The molecule has 1 aromatic heterocycles. The molecule has 0 radical (unpaired) electrons. The average Bonchev–Trinajstić information content (AvgIpc) is 2.80. The Bertz CT molecular complexity index is 605. The second-order valence-electron chi connectivity index (χ2n) is 6.00. The Hall–Kier alpha value is -1.46. The number of rotatable bonds is 5. The largest absolute Gasteiger partial charge is 0.487 e. The fourth-order valence-corrected chi connectivity index (χ4v) is 2.41. The minimum atomic E-state index is -0.252. The first-order valence-electron chi connectivity index (χ1n) is 6.91. The first-order valence-corrected chi connectivity index (χ1v) is 7.79. The van der Waals surface area contributed by atoms with E-state index in [4.69, 9.17) is 4.74 Å². The molecule has 0 saturated carbocycles. The van der Waals surface area contributed by atoms with E-state index >= 15 is 0 Å². The summed E-state index contributed by atoms with van der Waals surface area (Å²) in [6.07, 6.45) is 0. The van der Waals surface area contributed by atoms with Crippen molar-refractivity contribution in [3.05, 3.63) is 45.7 Å². The number of aryl methyl sites for hydroxylation is 1. The van der Waals surface area contributed by atoms with Crippen LogP contribution in [0.15, 0.2) is 23.6 Å². The van der Waals surface area contributed by atoms with Crippen molar-refractivity contribution in [2.24, 2.45) is 0 Å². The Kier molecular flexibility index (Phi) is 4.96. The Morgan fingerprint density at radius 3 is 2.71 bits per heavy atom. The Balaban J connectivity index is 2.07. The van der Waals surface area contributed by atoms with Crippen LogP contribution < -0.4 is 10.1 Å². The summed E-state index contributed by atoms with van der Waals surface area (Å²) in [5.41, 5.74) is 1.68. The normalized spacial score (nSPS) is 11.7. The summed E-state index contributed by atoms with van der Waals surface area (Å²) in [5, 5.41) is 6.34. The van der Waals surface area contributed by atoms with Crippen molar-refractivity contribution in [3.8, 4) is 5.75 Å². The third kappa shape index (κ3) is 5.10. The SMILES string of the molecule is Cc1nc(COc2ccc(F)cc2CNC(C)(C)C)cs1. The quantitative estimate of drug-likeness (QED) is 0.904. The van der Waals surface area contributed by atoms with E-state index < -0.39 is 0 Å². The number of hydrogen-bond donors (Lipinski definition) is 1. The molecule has 1 heterocycles. The molecule has 3 nitrogen and oxygen atoms in total. The van der Waals surface area contributed by atoms with Crippen LogP contribution in [0, 0.1) is 12.7 Å². The van der Waals surface area contributed by atoms with Gasteiger partial charge in [-0.15, -0.1) is 11.3 Å². The van der Waals surface area contributed by atoms with Crippen LogP contribution >= 0.6 is 11.3 Å². The van der Waals surface area contributed by atoms with Gasteiger partial charge in [0.25, 0.3) is 0 Å². The summed E-state index contributed by atoms with van der Waals surface area (Å²) in [5.74, 6) is 0.441. The van der Waals surface area contributed by atoms with Crippen molar-refractivity contribution < 1.29 is 9.13 Å². The summed E-state index contributed by atoms with van der Waals surface area (Å²) in [7, 11) is 0. The molecule has 0 unspecified atom stereocenters. The first-order chi connectivity index (χ1) is 9.83. The fraction of sp³-hybridized carbons (Fsp3) is 0.438. The number of benzene rings is 1. The van der Waals surface area contributed by atoms with Gasteiger partial charge in [0, 0.05) is 23.0 Å². The van der Waals surface area contributed by atoms with Crippen LogP contribution in [0.25, 0.3) is 0 Å². The number of hydrogen-bond acceptors (Lipinski definition) is 4. The van der Waals surface area contributed by atoms with E-state index in [0.717, 1.165) is 16.3 Å². The number of aromatic nitrogens is 1. The van der Waals surface area contributed by atoms with E-state index in [2.05, 4.69) is 31.1 Å². The van der Waals surface area contributed by atoms with Crippen molar-refractivity contribution in [3.63, 3.8) is 0 Å². The van der Waals surface area contributed by atoms with E-state index in [0.29, 0.717) is 18.9 Å². The van der Waals surface area contributed by atoms with E-state index in [-0.39, 0.29) is 11.4 Å². The van der Waals surface area contributed by atoms with Crippen LogP contribution in [-0.4, -0.2) is 10.5 Å². The monoisotopic (exact) mass is 308 g/mol. The lowest BCUT2D eigenvalue weighted by Crippen LogP contribution is -2.35. The summed E-state index contributed by atoms with van der Waals surface area (Å²) in [6.45, 7) is 9.15. The number of thiazole rings is 1. The minimum absolute atomic E-state index is 0.0321. The molecule has 0 aliphatic carbocycles. The Labute approximate surface area is 129 Å². The van der Waals surface area contributed by atoms with Crippen molar-refractivity contribution in [1.82, 2.24) is 10.3 Å². The highest BCUT2D eigenvalue weighted by atomic mass is 32.1. The maximum atomic E-state index is 13.4. The lowest BCUT2D eigenvalue weighted by molar-refractivity contribution is 0.295. The molecule has 2 aromatic rings. The molecule has 0 amide bonds. The van der Waals surface area contributed by atoms with Crippen LogP contribution in [0.2, 0.25) is 0 Å². The molecule has 1 N–H and O–H groups in total. The van der Waals surface area contributed by atoms with Crippen molar-refractivity contribution >= 4 is 11.3 Å². The van der Waals surface area contributed by atoms with Crippen molar-refractivity contribution in [2.45, 2.75) is 46.4 Å². The lowest BCUT2D eigenvalue weighted by Gasteiger charge is -2.21. The molecule has 0 aliphatic rings. The molecular weight excluding hydrogens is 287 g/mol. The van der Waals surface area contributed by atoms with Crippen LogP contribution in [-0.2, 0) is 13.2 Å². The average molecular weight is 308 g/mol. The van der Waals surface area contributed by atoms with Gasteiger partial charge in [0.15, 0.2) is 0 Å². The van der Waals surface area contributed by atoms with E-state index in [1.54, 1.807) is 17.4 Å². The lowest BCUT2D eigenvalue weighted by atomic mass is 10.1. The minimum Gasteiger partial charge on any atom is -0.487 e. The fourth-order valence-electron chi connectivity index (χ4n) is 1.81. The maximum absolute atomic E-state index is 13.4. The molecule has 2 rings (SSSR count). The second-order valence-corrected chi connectivity index (χ2v) is 7.06. The second kappa shape index (κ2) is 6.54. The third-order valence-corrected chi connectivity index (χ3v) is 3.70. The summed E-state index contributed by atoms with van der Waals surface area (Å²) in [4.78, 5) is 4.36. The van der Waals surface area contributed by atoms with Gasteiger partial charge in [-0.3, -0.25) is 0 Å². The zero-order valence-electron chi connectivity index (χ0n) is 12.9. The molecule has 1 aromatic carbocycles. The number of halogens is 1. The van der Waals surface area contributed by atoms with Gasteiger partial charge >= 0.3 is 0 Å². The van der Waals surface area contributed by atoms with Crippen LogP contribution in [0.5, 0.6) is 5.75 Å². The highest BCUT2D eigenvalue weighted by molar-refractivity contribution is 7.09. The van der Waals surface area contributed by atoms with Gasteiger partial charge in [-0.25, -0.2) is 9.37 Å². The van der Waals surface area contributed by atoms with E-state index in [1.165, 1.54) is 12.1 Å². The summed E-state index contributed by atoms with van der Waals surface area (Å²) in [6, 6.07) is 4.61. The highest BCUT2D eigenvalue weighted by Crippen LogP contribution is 2.22. The van der Waals surface area contributed by atoms with E-state index in [1.807, 2.05) is 12.3 Å². The molecule has 0 saturated heterocycles. The number of nitrogens with one attached hydrogen (secondary N) is 1. The highest BCUT2D eigenvalue weighted by Gasteiger charge is 2.12. The molecule has 0 bridgehead atoms. The molecule has 0 spiro atoms.